The van der Waals surface area contributed by atoms with Crippen molar-refractivity contribution in [1.82, 2.24) is 9.80 Å². The van der Waals surface area contributed by atoms with Crippen LogP contribution in [0, 0.1) is 0 Å². The minimum atomic E-state index is -0.0699. The number of hydrogen-bond acceptors (Lipinski definition) is 4. The minimum absolute atomic E-state index is 0.0699. The van der Waals surface area contributed by atoms with E-state index in [0.717, 1.165) is 56.1 Å². The van der Waals surface area contributed by atoms with Crippen LogP contribution in [0.4, 0.5) is 16.2 Å². The molecule has 0 aliphatic carbocycles. The molecule has 0 bridgehead atoms. The van der Waals surface area contributed by atoms with Crippen LogP contribution in [-0.2, 0) is 0 Å². The highest BCUT2D eigenvalue weighted by Gasteiger charge is 2.26. The Morgan fingerprint density at radius 3 is 2.29 bits per heavy atom. The number of rotatable bonds is 5. The molecule has 2 aromatic rings. The number of methoxy groups -OCH3 is 1. The summed E-state index contributed by atoms with van der Waals surface area (Å²) in [5, 5.41) is 4.20. The number of nitrogens with zero attached hydrogens (tertiary/aromatic N) is 3. The maximum Gasteiger partial charge on any atom is 0.321 e. The summed E-state index contributed by atoms with van der Waals surface area (Å²) >= 11 is 12.2. The number of ether oxygens (including phenoxy) is 1. The van der Waals surface area contributed by atoms with E-state index in [0.29, 0.717) is 35.1 Å². The van der Waals surface area contributed by atoms with E-state index >= 15 is 0 Å². The van der Waals surface area contributed by atoms with Crippen LogP contribution < -0.4 is 15.0 Å². The predicted molar refractivity (Wildman–Crippen MR) is 141 cm³/mol. The summed E-state index contributed by atoms with van der Waals surface area (Å²) in [5.74, 6) is 1.34. The number of anilines is 2. The fraction of sp³-hybridized carbons (Fsp3) is 0.500. The van der Waals surface area contributed by atoms with E-state index in [-0.39, 0.29) is 6.03 Å². The van der Waals surface area contributed by atoms with E-state index in [1.807, 2.05) is 35.2 Å². The lowest BCUT2D eigenvalue weighted by molar-refractivity contribution is 0.171. The Morgan fingerprint density at radius 1 is 0.971 bits per heavy atom. The van der Waals surface area contributed by atoms with Gasteiger partial charge in [0.1, 0.15) is 5.75 Å². The zero-order valence-corrected chi connectivity index (χ0v) is 21.7. The second kappa shape index (κ2) is 11.1. The number of amides is 2. The van der Waals surface area contributed by atoms with Gasteiger partial charge in [0, 0.05) is 43.6 Å². The van der Waals surface area contributed by atoms with Crippen LogP contribution in [0.3, 0.4) is 0 Å². The Balaban J connectivity index is 1.37. The first kappa shape index (κ1) is 25.0. The first-order valence-electron chi connectivity index (χ1n) is 12.0. The van der Waals surface area contributed by atoms with E-state index in [1.54, 1.807) is 7.11 Å². The van der Waals surface area contributed by atoms with Gasteiger partial charge in [-0.3, -0.25) is 0 Å². The fourth-order valence-corrected chi connectivity index (χ4v) is 5.20. The zero-order chi connectivity index (χ0) is 24.2. The quantitative estimate of drug-likeness (QED) is 0.546. The number of hydrogen-bond donors (Lipinski definition) is 1. The van der Waals surface area contributed by atoms with E-state index in [1.165, 1.54) is 5.56 Å². The molecule has 2 fully saturated rings. The van der Waals surface area contributed by atoms with Crippen molar-refractivity contribution in [2.45, 2.75) is 38.6 Å². The van der Waals surface area contributed by atoms with E-state index in [9.17, 15) is 4.79 Å². The first-order valence-corrected chi connectivity index (χ1v) is 12.8. The molecule has 2 aliphatic rings. The molecule has 0 radical (unpaired) electrons. The van der Waals surface area contributed by atoms with Crippen molar-refractivity contribution in [3.63, 3.8) is 0 Å². The Morgan fingerprint density at radius 2 is 1.68 bits per heavy atom. The van der Waals surface area contributed by atoms with Crippen molar-refractivity contribution in [3.05, 3.63) is 52.0 Å². The number of nitrogens with one attached hydrogen (secondary N) is 1. The van der Waals surface area contributed by atoms with Crippen molar-refractivity contribution >= 4 is 40.6 Å². The molecular weight excluding hydrogens is 471 g/mol. The number of piperidine rings is 1. The van der Waals surface area contributed by atoms with Crippen LogP contribution in [0.5, 0.6) is 5.75 Å². The van der Waals surface area contributed by atoms with Crippen molar-refractivity contribution < 1.29 is 9.53 Å². The van der Waals surface area contributed by atoms with Gasteiger partial charge in [-0.25, -0.2) is 4.79 Å². The smallest absolute Gasteiger partial charge is 0.321 e. The Hall–Kier alpha value is -2.15. The summed E-state index contributed by atoms with van der Waals surface area (Å²) < 4.78 is 5.66. The topological polar surface area (TPSA) is 48.1 Å². The summed E-state index contributed by atoms with van der Waals surface area (Å²) in [6.07, 6.45) is 2.20. The van der Waals surface area contributed by atoms with E-state index < -0.39 is 0 Å². The number of piperazine rings is 1. The predicted octanol–water partition coefficient (Wildman–Crippen LogP) is 5.94. The molecule has 184 valence electrons. The Bertz CT molecular complexity index is 1000. The molecule has 4 rings (SSSR count). The molecule has 34 heavy (non-hydrogen) atoms. The highest BCUT2D eigenvalue weighted by Crippen LogP contribution is 2.36. The van der Waals surface area contributed by atoms with Crippen LogP contribution >= 0.6 is 23.2 Å². The van der Waals surface area contributed by atoms with Gasteiger partial charge in [0.25, 0.3) is 0 Å². The molecule has 6 nitrogen and oxygen atoms in total. The molecule has 2 aliphatic heterocycles. The Kier molecular flexibility index (Phi) is 8.12. The minimum Gasteiger partial charge on any atom is -0.496 e. The van der Waals surface area contributed by atoms with Gasteiger partial charge < -0.3 is 24.8 Å². The van der Waals surface area contributed by atoms with E-state index in [4.69, 9.17) is 27.9 Å². The number of benzene rings is 2. The molecule has 0 aromatic heterocycles. The molecule has 2 amide bonds. The second-order valence-corrected chi connectivity index (χ2v) is 10.2. The number of carbonyl (C=O) groups is 1. The van der Waals surface area contributed by atoms with Crippen LogP contribution in [0.2, 0.25) is 10.0 Å². The number of urea groups is 1. The third-order valence-electron chi connectivity index (χ3n) is 7.02. The van der Waals surface area contributed by atoms with Crippen molar-refractivity contribution in [1.29, 1.82) is 0 Å². The molecule has 2 aromatic carbocycles. The number of halogens is 2. The van der Waals surface area contributed by atoms with Crippen LogP contribution in [0.25, 0.3) is 0 Å². The summed E-state index contributed by atoms with van der Waals surface area (Å²) in [4.78, 5) is 19.6. The fourth-order valence-electron chi connectivity index (χ4n) is 4.91. The van der Waals surface area contributed by atoms with E-state index in [2.05, 4.69) is 35.0 Å². The lowest BCUT2D eigenvalue weighted by atomic mass is 9.88. The average Bonchev–Trinajstić information content (AvgIpc) is 2.86. The summed E-state index contributed by atoms with van der Waals surface area (Å²) in [6.45, 7) is 9.45. The third kappa shape index (κ3) is 5.73. The van der Waals surface area contributed by atoms with Gasteiger partial charge in [-0.15, -0.1) is 0 Å². The molecule has 0 unspecified atom stereocenters. The Labute approximate surface area is 212 Å². The molecule has 8 heteroatoms. The molecule has 2 saturated heterocycles. The van der Waals surface area contributed by atoms with Gasteiger partial charge >= 0.3 is 6.03 Å². The van der Waals surface area contributed by atoms with Gasteiger partial charge in [-0.05, 0) is 87.7 Å². The molecule has 1 N–H and O–H groups in total. The lowest BCUT2D eigenvalue weighted by Crippen LogP contribution is -2.50. The monoisotopic (exact) mass is 504 g/mol. The van der Waals surface area contributed by atoms with Gasteiger partial charge in [-0.1, -0.05) is 23.2 Å². The molecule has 0 saturated carbocycles. The average molecular weight is 505 g/mol. The van der Waals surface area contributed by atoms with Gasteiger partial charge in [-0.2, -0.15) is 0 Å². The van der Waals surface area contributed by atoms with Crippen molar-refractivity contribution in [2.75, 3.05) is 56.6 Å². The van der Waals surface area contributed by atoms with Crippen LogP contribution in [-0.4, -0.2) is 68.3 Å². The maximum atomic E-state index is 13.0. The van der Waals surface area contributed by atoms with Gasteiger partial charge in [0.05, 0.1) is 17.2 Å². The zero-order valence-electron chi connectivity index (χ0n) is 20.2. The summed E-state index contributed by atoms with van der Waals surface area (Å²) in [6, 6.07) is 12.2. The molecular formula is C26H34Cl2N4O2. The van der Waals surface area contributed by atoms with Crippen molar-refractivity contribution in [2.24, 2.45) is 0 Å². The van der Waals surface area contributed by atoms with Gasteiger partial charge in [0.15, 0.2) is 0 Å². The standard InChI is InChI=1S/C26H34Cl2N4O2/c1-18(2)30-10-8-19(9-11-30)22-16-20(4-7-25(22)34-3)29-26(33)32-14-12-31(13-15-32)21-5-6-23(27)24(28)17-21/h4-7,16-19H,8-15H2,1-3H3,(H,29,33). The second-order valence-electron chi connectivity index (χ2n) is 9.36. The highest BCUT2D eigenvalue weighted by atomic mass is 35.5. The largest absolute Gasteiger partial charge is 0.496 e. The normalized spacial score (nSPS) is 17.8. The number of likely N-dealkylation sites (tertiary alicyclic amines) is 1. The van der Waals surface area contributed by atoms with Crippen LogP contribution in [0.15, 0.2) is 36.4 Å². The SMILES string of the molecule is COc1ccc(NC(=O)N2CCN(c3ccc(Cl)c(Cl)c3)CC2)cc1C1CCN(C(C)C)CC1. The maximum absolute atomic E-state index is 13.0. The van der Waals surface area contributed by atoms with Crippen molar-refractivity contribution in [3.8, 4) is 5.75 Å². The molecule has 0 atom stereocenters. The third-order valence-corrected chi connectivity index (χ3v) is 7.75. The van der Waals surface area contributed by atoms with Crippen LogP contribution in [0.1, 0.15) is 38.2 Å². The first-order chi connectivity index (χ1) is 16.4. The summed E-state index contributed by atoms with van der Waals surface area (Å²) in [7, 11) is 1.72. The molecule has 0 spiro atoms. The molecule has 2 heterocycles. The summed E-state index contributed by atoms with van der Waals surface area (Å²) in [5.41, 5.74) is 3.03. The highest BCUT2D eigenvalue weighted by molar-refractivity contribution is 6.42. The lowest BCUT2D eigenvalue weighted by Gasteiger charge is -2.36. The number of carbonyl (C=O) groups excluding carboxylic acids is 1. The van der Waals surface area contributed by atoms with Gasteiger partial charge in [0.2, 0.25) is 0 Å².